The minimum atomic E-state index is -1.79. The summed E-state index contributed by atoms with van der Waals surface area (Å²) in [7, 11) is 0. The highest BCUT2D eigenvalue weighted by Crippen LogP contribution is 2.27. The first kappa shape index (κ1) is 33.6. The van der Waals surface area contributed by atoms with Crippen molar-refractivity contribution >= 4 is 17.5 Å². The number of hydrogen-bond acceptors (Lipinski definition) is 9. The van der Waals surface area contributed by atoms with E-state index in [9.17, 15) is 34.8 Å². The fraction of sp³-hybridized carbons (Fsp3) is 0.880. The molecule has 0 saturated carbocycles. The molecule has 0 heterocycles. The molecule has 0 spiro atoms. The summed E-state index contributed by atoms with van der Waals surface area (Å²) in [5, 5.41) is 53.4. The van der Waals surface area contributed by atoms with Crippen LogP contribution in [0.2, 0.25) is 0 Å². The summed E-state index contributed by atoms with van der Waals surface area (Å²) in [4.78, 5) is 38.6. The SMILES string of the molecule is CC(C)[C@H](NC(C)(C)C)C(=O)C[C@@H](CCC(=O)NC[C@H](O)[C@@H](O)[C@H](O)[C@H](O)CO)C(=O)C(C)(C)C. The van der Waals surface area contributed by atoms with Crippen LogP contribution < -0.4 is 10.6 Å². The van der Waals surface area contributed by atoms with Gasteiger partial charge in [-0.15, -0.1) is 0 Å². The fourth-order valence-electron chi connectivity index (χ4n) is 3.69. The maximum absolute atomic E-state index is 13.1. The Hall–Kier alpha value is -1.43. The molecule has 0 rings (SSSR count). The molecule has 206 valence electrons. The van der Waals surface area contributed by atoms with Crippen LogP contribution in [0.3, 0.4) is 0 Å². The minimum absolute atomic E-state index is 0.00187. The van der Waals surface area contributed by atoms with Crippen LogP contribution in [-0.2, 0) is 14.4 Å². The average Bonchev–Trinajstić information content (AvgIpc) is 2.74. The van der Waals surface area contributed by atoms with Gasteiger partial charge in [0.2, 0.25) is 5.91 Å². The smallest absolute Gasteiger partial charge is 0.220 e. The van der Waals surface area contributed by atoms with Gasteiger partial charge in [0.1, 0.15) is 24.1 Å². The lowest BCUT2D eigenvalue weighted by molar-refractivity contribution is -0.135. The third-order valence-corrected chi connectivity index (χ3v) is 5.71. The van der Waals surface area contributed by atoms with E-state index in [0.29, 0.717) is 0 Å². The van der Waals surface area contributed by atoms with E-state index in [1.54, 1.807) is 20.8 Å². The van der Waals surface area contributed by atoms with Crippen LogP contribution in [0.1, 0.15) is 74.7 Å². The molecular formula is C25H48N2O8. The predicted molar refractivity (Wildman–Crippen MR) is 132 cm³/mol. The predicted octanol–water partition coefficient (Wildman–Crippen LogP) is -0.0780. The number of aliphatic hydroxyl groups excluding tert-OH is 5. The summed E-state index contributed by atoms with van der Waals surface area (Å²) in [6.07, 6.45) is -6.74. The van der Waals surface area contributed by atoms with Gasteiger partial charge in [0.15, 0.2) is 5.78 Å². The molecule has 0 aliphatic carbocycles. The Labute approximate surface area is 209 Å². The van der Waals surface area contributed by atoms with E-state index >= 15 is 0 Å². The molecule has 0 aliphatic rings. The van der Waals surface area contributed by atoms with Crippen LogP contribution in [0.25, 0.3) is 0 Å². The van der Waals surface area contributed by atoms with Gasteiger partial charge in [-0.25, -0.2) is 0 Å². The first-order valence-electron chi connectivity index (χ1n) is 12.3. The first-order chi connectivity index (χ1) is 15.8. The zero-order chi connectivity index (χ0) is 27.7. The second-order valence-corrected chi connectivity index (χ2v) is 11.7. The van der Waals surface area contributed by atoms with Crippen molar-refractivity contribution in [2.24, 2.45) is 17.3 Å². The van der Waals surface area contributed by atoms with Crippen molar-refractivity contribution < 1.29 is 39.9 Å². The standard InChI is InChI=1S/C25H48N2O8/c1-14(2)20(27-25(6,7)8)16(29)11-15(23(35)24(3,4)5)9-10-19(32)26-12-17(30)21(33)22(34)18(31)13-28/h14-15,17-18,20-22,27-28,30-31,33-34H,9-13H2,1-8H3,(H,26,32)/t15-,17+,18-,20+,21-,22-/m1/s1. The van der Waals surface area contributed by atoms with Crippen molar-refractivity contribution in [2.45, 2.75) is 111 Å². The van der Waals surface area contributed by atoms with Gasteiger partial charge >= 0.3 is 0 Å². The lowest BCUT2D eigenvalue weighted by atomic mass is 9.77. The molecule has 0 saturated heterocycles. The number of aliphatic hydroxyl groups is 5. The quantitative estimate of drug-likeness (QED) is 0.161. The molecule has 0 aromatic heterocycles. The van der Waals surface area contributed by atoms with Gasteiger partial charge < -0.3 is 36.2 Å². The third-order valence-electron chi connectivity index (χ3n) is 5.71. The monoisotopic (exact) mass is 504 g/mol. The van der Waals surface area contributed by atoms with Gasteiger partial charge in [0, 0.05) is 36.3 Å². The summed E-state index contributed by atoms with van der Waals surface area (Å²) >= 11 is 0. The number of carbonyl (C=O) groups is 3. The molecule has 10 nitrogen and oxygen atoms in total. The molecule has 1 amide bonds. The lowest BCUT2D eigenvalue weighted by Gasteiger charge is -2.32. The van der Waals surface area contributed by atoms with E-state index in [-0.39, 0.29) is 42.3 Å². The maximum Gasteiger partial charge on any atom is 0.220 e. The van der Waals surface area contributed by atoms with Gasteiger partial charge in [0.05, 0.1) is 18.8 Å². The molecule has 10 heteroatoms. The van der Waals surface area contributed by atoms with E-state index in [4.69, 9.17) is 5.11 Å². The lowest BCUT2D eigenvalue weighted by Crippen LogP contribution is -2.51. The fourth-order valence-corrected chi connectivity index (χ4v) is 3.69. The van der Waals surface area contributed by atoms with Crippen LogP contribution in [0.4, 0.5) is 0 Å². The topological polar surface area (TPSA) is 176 Å². The summed E-state index contributed by atoms with van der Waals surface area (Å²) < 4.78 is 0. The molecule has 0 radical (unpaired) electrons. The van der Waals surface area contributed by atoms with Gasteiger partial charge in [0.25, 0.3) is 0 Å². The van der Waals surface area contributed by atoms with Crippen molar-refractivity contribution in [2.75, 3.05) is 13.2 Å². The zero-order valence-electron chi connectivity index (χ0n) is 22.5. The second kappa shape index (κ2) is 14.3. The Kier molecular flexibility index (Phi) is 13.8. The summed E-state index contributed by atoms with van der Waals surface area (Å²) in [5.74, 6) is -1.35. The Morgan fingerprint density at radius 1 is 0.857 bits per heavy atom. The average molecular weight is 505 g/mol. The molecule has 0 aliphatic heterocycles. The Morgan fingerprint density at radius 2 is 1.37 bits per heavy atom. The molecule has 6 atom stereocenters. The molecule has 0 aromatic rings. The van der Waals surface area contributed by atoms with Gasteiger partial charge in [-0.2, -0.15) is 0 Å². The molecule has 35 heavy (non-hydrogen) atoms. The maximum atomic E-state index is 13.1. The number of rotatable bonds is 15. The zero-order valence-corrected chi connectivity index (χ0v) is 22.5. The highest BCUT2D eigenvalue weighted by Gasteiger charge is 2.35. The largest absolute Gasteiger partial charge is 0.394 e. The number of Topliss-reactive ketones (excluding diaryl/α,β-unsaturated/α-hetero) is 2. The van der Waals surface area contributed by atoms with Crippen molar-refractivity contribution in [3.8, 4) is 0 Å². The van der Waals surface area contributed by atoms with E-state index in [0.717, 1.165) is 0 Å². The third kappa shape index (κ3) is 12.4. The summed E-state index contributed by atoms with van der Waals surface area (Å²) in [6.45, 7) is 13.9. The van der Waals surface area contributed by atoms with Crippen LogP contribution in [0.15, 0.2) is 0 Å². The summed E-state index contributed by atoms with van der Waals surface area (Å²) in [6, 6.07) is -0.434. The molecular weight excluding hydrogens is 456 g/mol. The molecule has 0 unspecified atom stereocenters. The first-order valence-corrected chi connectivity index (χ1v) is 12.3. The number of nitrogens with one attached hydrogen (secondary N) is 2. The van der Waals surface area contributed by atoms with E-state index in [2.05, 4.69) is 10.6 Å². The van der Waals surface area contributed by atoms with Gasteiger partial charge in [-0.1, -0.05) is 34.6 Å². The van der Waals surface area contributed by atoms with Gasteiger partial charge in [-0.05, 0) is 33.1 Å². The number of amides is 1. The Bertz CT molecular complexity index is 684. The van der Waals surface area contributed by atoms with E-state index < -0.39 is 60.8 Å². The summed E-state index contributed by atoms with van der Waals surface area (Å²) in [5.41, 5.74) is -0.990. The van der Waals surface area contributed by atoms with Crippen molar-refractivity contribution in [3.63, 3.8) is 0 Å². The van der Waals surface area contributed by atoms with Crippen molar-refractivity contribution in [3.05, 3.63) is 0 Å². The minimum Gasteiger partial charge on any atom is -0.394 e. The van der Waals surface area contributed by atoms with Crippen LogP contribution in [-0.4, -0.2) is 92.2 Å². The second-order valence-electron chi connectivity index (χ2n) is 11.7. The van der Waals surface area contributed by atoms with Crippen LogP contribution >= 0.6 is 0 Å². The Morgan fingerprint density at radius 3 is 1.80 bits per heavy atom. The number of carbonyl (C=O) groups excluding carboxylic acids is 3. The van der Waals surface area contributed by atoms with Crippen LogP contribution in [0, 0.1) is 17.3 Å². The molecule has 0 aromatic carbocycles. The van der Waals surface area contributed by atoms with Crippen LogP contribution in [0.5, 0.6) is 0 Å². The highest BCUT2D eigenvalue weighted by atomic mass is 16.4. The number of hydrogen-bond donors (Lipinski definition) is 7. The highest BCUT2D eigenvalue weighted by molar-refractivity contribution is 5.93. The van der Waals surface area contributed by atoms with E-state index in [1.807, 2.05) is 34.6 Å². The molecule has 7 N–H and O–H groups in total. The Balaban J connectivity index is 5.19. The van der Waals surface area contributed by atoms with Crippen molar-refractivity contribution in [1.29, 1.82) is 0 Å². The number of ketones is 2. The van der Waals surface area contributed by atoms with E-state index in [1.165, 1.54) is 0 Å². The molecule has 0 fully saturated rings. The molecule has 0 bridgehead atoms. The normalized spacial score (nSPS) is 17.9. The van der Waals surface area contributed by atoms with Crippen molar-refractivity contribution in [1.82, 2.24) is 10.6 Å². The van der Waals surface area contributed by atoms with Gasteiger partial charge in [-0.3, -0.25) is 14.4 Å².